The number of aryl methyl sites for hydroxylation is 1. The lowest BCUT2D eigenvalue weighted by Gasteiger charge is -2.26. The monoisotopic (exact) mass is 332 g/mol. The number of nitrogens with one attached hydrogen (secondary N) is 3. The number of hydrogen-bond donors (Lipinski definition) is 3. The SMILES string of the molecule is CCNC(=O)C(C)(C)CNC(=NC)NC(C)CCc1ccccc1. The summed E-state index contributed by atoms with van der Waals surface area (Å²) in [6.45, 7) is 9.10. The van der Waals surface area contributed by atoms with Gasteiger partial charge in [0.2, 0.25) is 5.91 Å². The van der Waals surface area contributed by atoms with E-state index in [9.17, 15) is 4.79 Å². The fraction of sp³-hybridized carbons (Fsp3) is 0.579. The van der Waals surface area contributed by atoms with Crippen molar-refractivity contribution in [1.82, 2.24) is 16.0 Å². The summed E-state index contributed by atoms with van der Waals surface area (Å²) in [7, 11) is 1.75. The van der Waals surface area contributed by atoms with Crippen LogP contribution in [0.25, 0.3) is 0 Å². The predicted molar refractivity (Wildman–Crippen MR) is 101 cm³/mol. The van der Waals surface area contributed by atoms with Gasteiger partial charge in [0.15, 0.2) is 5.96 Å². The van der Waals surface area contributed by atoms with Crippen LogP contribution in [0.3, 0.4) is 0 Å². The van der Waals surface area contributed by atoms with Crippen molar-refractivity contribution in [2.24, 2.45) is 10.4 Å². The fourth-order valence-corrected chi connectivity index (χ4v) is 2.31. The maximum atomic E-state index is 12.0. The zero-order valence-electron chi connectivity index (χ0n) is 15.6. The van der Waals surface area contributed by atoms with Crippen molar-refractivity contribution in [2.75, 3.05) is 20.1 Å². The standard InChI is InChI=1S/C19H32N4O/c1-6-21-17(24)19(3,4)14-22-18(20-5)23-15(2)12-13-16-10-8-7-9-11-16/h7-11,15H,6,12-14H2,1-5H3,(H,21,24)(H2,20,22,23). The molecule has 0 aliphatic heterocycles. The molecule has 1 atom stereocenters. The second-order valence-electron chi connectivity index (χ2n) is 6.74. The van der Waals surface area contributed by atoms with Gasteiger partial charge in [-0.3, -0.25) is 9.79 Å². The third-order valence-electron chi connectivity index (χ3n) is 3.97. The Kier molecular flexibility index (Phi) is 8.30. The number of benzene rings is 1. The zero-order valence-corrected chi connectivity index (χ0v) is 15.6. The van der Waals surface area contributed by atoms with Gasteiger partial charge in [-0.1, -0.05) is 30.3 Å². The smallest absolute Gasteiger partial charge is 0.227 e. The van der Waals surface area contributed by atoms with Crippen LogP contribution in [0.5, 0.6) is 0 Å². The van der Waals surface area contributed by atoms with Crippen molar-refractivity contribution in [3.8, 4) is 0 Å². The van der Waals surface area contributed by atoms with Gasteiger partial charge in [-0.2, -0.15) is 0 Å². The number of nitrogens with zero attached hydrogens (tertiary/aromatic N) is 1. The van der Waals surface area contributed by atoms with Gasteiger partial charge in [0, 0.05) is 26.2 Å². The Hall–Kier alpha value is -2.04. The van der Waals surface area contributed by atoms with Crippen molar-refractivity contribution >= 4 is 11.9 Å². The molecule has 24 heavy (non-hydrogen) atoms. The van der Waals surface area contributed by atoms with Crippen LogP contribution >= 0.6 is 0 Å². The van der Waals surface area contributed by atoms with Crippen LogP contribution in [-0.2, 0) is 11.2 Å². The predicted octanol–water partition coefficient (Wildman–Crippen LogP) is 2.34. The minimum Gasteiger partial charge on any atom is -0.356 e. The van der Waals surface area contributed by atoms with Crippen LogP contribution in [0, 0.1) is 5.41 Å². The number of guanidine groups is 1. The van der Waals surface area contributed by atoms with Crippen LogP contribution in [-0.4, -0.2) is 38.0 Å². The highest BCUT2D eigenvalue weighted by Crippen LogP contribution is 2.13. The topological polar surface area (TPSA) is 65.5 Å². The molecule has 0 spiro atoms. The first-order valence-electron chi connectivity index (χ1n) is 8.68. The van der Waals surface area contributed by atoms with Crippen LogP contribution in [0.1, 0.15) is 39.7 Å². The molecular formula is C19H32N4O. The van der Waals surface area contributed by atoms with E-state index in [1.54, 1.807) is 7.05 Å². The highest BCUT2D eigenvalue weighted by Gasteiger charge is 2.27. The Balaban J connectivity index is 2.42. The second-order valence-corrected chi connectivity index (χ2v) is 6.74. The number of amides is 1. The Morgan fingerprint density at radius 1 is 1.21 bits per heavy atom. The number of carbonyl (C=O) groups excluding carboxylic acids is 1. The molecule has 0 radical (unpaired) electrons. The zero-order chi connectivity index (χ0) is 18.0. The lowest BCUT2D eigenvalue weighted by atomic mass is 9.92. The summed E-state index contributed by atoms with van der Waals surface area (Å²) in [4.78, 5) is 16.3. The van der Waals surface area contributed by atoms with E-state index in [0.29, 0.717) is 19.1 Å². The molecule has 5 nitrogen and oxygen atoms in total. The lowest BCUT2D eigenvalue weighted by molar-refractivity contribution is -0.128. The van der Waals surface area contributed by atoms with Crippen LogP contribution in [0.4, 0.5) is 0 Å². The molecule has 0 heterocycles. The maximum Gasteiger partial charge on any atom is 0.227 e. The molecule has 134 valence electrons. The molecule has 1 amide bonds. The van der Waals surface area contributed by atoms with Crippen molar-refractivity contribution in [2.45, 2.75) is 46.6 Å². The first-order valence-corrected chi connectivity index (χ1v) is 8.68. The normalized spacial score (nSPS) is 13.3. The minimum atomic E-state index is -0.485. The molecule has 0 aliphatic carbocycles. The highest BCUT2D eigenvalue weighted by molar-refractivity contribution is 5.84. The van der Waals surface area contributed by atoms with E-state index in [2.05, 4.69) is 52.1 Å². The Labute approximate surface area is 146 Å². The third kappa shape index (κ3) is 7.02. The lowest BCUT2D eigenvalue weighted by Crippen LogP contribution is -2.49. The van der Waals surface area contributed by atoms with Crippen molar-refractivity contribution < 1.29 is 4.79 Å². The molecule has 1 unspecified atom stereocenters. The van der Waals surface area contributed by atoms with Gasteiger partial charge in [0.25, 0.3) is 0 Å². The van der Waals surface area contributed by atoms with E-state index in [4.69, 9.17) is 0 Å². The molecule has 0 fully saturated rings. The van der Waals surface area contributed by atoms with Crippen LogP contribution in [0.2, 0.25) is 0 Å². The van der Waals surface area contributed by atoms with Gasteiger partial charge < -0.3 is 16.0 Å². The van der Waals surface area contributed by atoms with Gasteiger partial charge in [-0.25, -0.2) is 0 Å². The van der Waals surface area contributed by atoms with E-state index in [-0.39, 0.29) is 5.91 Å². The van der Waals surface area contributed by atoms with Crippen molar-refractivity contribution in [3.05, 3.63) is 35.9 Å². The summed E-state index contributed by atoms with van der Waals surface area (Å²) < 4.78 is 0. The molecule has 1 aromatic carbocycles. The van der Waals surface area contributed by atoms with Crippen molar-refractivity contribution in [1.29, 1.82) is 0 Å². The number of hydrogen-bond acceptors (Lipinski definition) is 2. The van der Waals surface area contributed by atoms with E-state index in [1.807, 2.05) is 26.8 Å². The van der Waals surface area contributed by atoms with E-state index in [1.165, 1.54) is 5.56 Å². The average molecular weight is 332 g/mol. The molecule has 3 N–H and O–H groups in total. The average Bonchev–Trinajstić information content (AvgIpc) is 2.58. The van der Waals surface area contributed by atoms with Crippen LogP contribution < -0.4 is 16.0 Å². The number of aliphatic imine (C=N–C) groups is 1. The Morgan fingerprint density at radius 3 is 2.46 bits per heavy atom. The molecule has 0 saturated heterocycles. The largest absolute Gasteiger partial charge is 0.356 e. The number of carbonyl (C=O) groups is 1. The summed E-state index contributed by atoms with van der Waals surface area (Å²) in [6, 6.07) is 10.8. The minimum absolute atomic E-state index is 0.0464. The molecule has 1 rings (SSSR count). The summed E-state index contributed by atoms with van der Waals surface area (Å²) >= 11 is 0. The maximum absolute atomic E-state index is 12.0. The molecular weight excluding hydrogens is 300 g/mol. The summed E-state index contributed by atoms with van der Waals surface area (Å²) in [5, 5.41) is 9.51. The second kappa shape index (κ2) is 9.96. The molecule has 0 saturated carbocycles. The molecule has 0 bridgehead atoms. The summed E-state index contributed by atoms with van der Waals surface area (Å²) in [5.41, 5.74) is 0.854. The molecule has 1 aromatic rings. The van der Waals surface area contributed by atoms with E-state index in [0.717, 1.165) is 18.8 Å². The highest BCUT2D eigenvalue weighted by atomic mass is 16.2. The first kappa shape index (κ1) is 20.0. The fourth-order valence-electron chi connectivity index (χ4n) is 2.31. The van der Waals surface area contributed by atoms with E-state index < -0.39 is 5.41 Å². The third-order valence-corrected chi connectivity index (χ3v) is 3.97. The number of rotatable bonds is 8. The summed E-state index contributed by atoms with van der Waals surface area (Å²) in [5.74, 6) is 0.776. The van der Waals surface area contributed by atoms with Gasteiger partial charge >= 0.3 is 0 Å². The van der Waals surface area contributed by atoms with Crippen LogP contribution in [0.15, 0.2) is 35.3 Å². The van der Waals surface area contributed by atoms with Gasteiger partial charge in [0.1, 0.15) is 0 Å². The molecule has 0 aromatic heterocycles. The van der Waals surface area contributed by atoms with Gasteiger partial charge in [-0.15, -0.1) is 0 Å². The Morgan fingerprint density at radius 2 is 1.88 bits per heavy atom. The van der Waals surface area contributed by atoms with E-state index >= 15 is 0 Å². The summed E-state index contributed by atoms with van der Waals surface area (Å²) in [6.07, 6.45) is 2.04. The Bertz CT molecular complexity index is 525. The van der Waals surface area contributed by atoms with Gasteiger partial charge in [0.05, 0.1) is 5.41 Å². The quantitative estimate of drug-likeness (QED) is 0.506. The van der Waals surface area contributed by atoms with Crippen molar-refractivity contribution in [3.63, 3.8) is 0 Å². The molecule has 0 aliphatic rings. The van der Waals surface area contributed by atoms with Gasteiger partial charge in [-0.05, 0) is 46.1 Å². The molecule has 5 heteroatoms. The first-order chi connectivity index (χ1) is 11.4.